The van der Waals surface area contributed by atoms with Crippen LogP contribution >= 0.6 is 0 Å². The predicted molar refractivity (Wildman–Crippen MR) is 84.2 cm³/mol. The molecule has 2 rings (SSSR count). The topological polar surface area (TPSA) is 118 Å². The maximum absolute atomic E-state index is 11.8. The average Bonchev–Trinajstić information content (AvgIpc) is 2.61. The van der Waals surface area contributed by atoms with E-state index in [1.165, 1.54) is 18.2 Å². The van der Waals surface area contributed by atoms with Gasteiger partial charge >= 0.3 is 17.8 Å². The summed E-state index contributed by atoms with van der Waals surface area (Å²) in [5.74, 6) is -2.82. The fraction of sp³-hybridized carbons (Fsp3) is 0.125. The zero-order valence-corrected chi connectivity index (χ0v) is 12.8. The second kappa shape index (κ2) is 7.73. The number of esters is 1. The molecule has 0 bridgehead atoms. The molecule has 0 aliphatic rings. The highest BCUT2D eigenvalue weighted by atomic mass is 16.5. The van der Waals surface area contributed by atoms with Crippen molar-refractivity contribution in [1.29, 1.82) is 0 Å². The number of methoxy groups -OCH3 is 1. The summed E-state index contributed by atoms with van der Waals surface area (Å²) in [5, 5.41) is 14.3. The summed E-state index contributed by atoms with van der Waals surface area (Å²) in [5.41, 5.74) is 0.659. The molecule has 1 aromatic heterocycles. The summed E-state index contributed by atoms with van der Waals surface area (Å²) in [6.07, 6.45) is 1.58. The Morgan fingerprint density at radius 2 is 1.96 bits per heavy atom. The first-order valence-electron chi connectivity index (χ1n) is 6.91. The molecule has 24 heavy (non-hydrogen) atoms. The summed E-state index contributed by atoms with van der Waals surface area (Å²) in [4.78, 5) is 39.1. The molecule has 0 aliphatic heterocycles. The van der Waals surface area contributed by atoms with Gasteiger partial charge in [0.25, 0.3) is 0 Å². The molecule has 2 amide bonds. The molecule has 0 spiro atoms. The molecule has 0 aliphatic carbocycles. The molecule has 0 saturated carbocycles. The lowest BCUT2D eigenvalue weighted by Gasteiger charge is -2.08. The first-order valence-corrected chi connectivity index (χ1v) is 6.91. The van der Waals surface area contributed by atoms with Gasteiger partial charge in [0.2, 0.25) is 0 Å². The Kier molecular flexibility index (Phi) is 5.45. The van der Waals surface area contributed by atoms with Crippen LogP contribution in [-0.2, 0) is 20.9 Å². The zero-order chi connectivity index (χ0) is 17.5. The lowest BCUT2D eigenvalue weighted by atomic mass is 10.1. The standard InChI is InChI=1S/C16H15N3O5/c1-24-16(23)12-8-10(5-6-13(12)20)19-15(22)14(21)18-9-11-4-2-3-7-17-11/h2-8,20H,9H2,1H3,(H,18,21)(H,19,22). The second-order valence-corrected chi connectivity index (χ2v) is 4.68. The minimum atomic E-state index is -0.910. The molecule has 0 unspecified atom stereocenters. The van der Waals surface area contributed by atoms with Crippen LogP contribution in [-0.4, -0.2) is 35.0 Å². The smallest absolute Gasteiger partial charge is 0.341 e. The second-order valence-electron chi connectivity index (χ2n) is 4.68. The van der Waals surface area contributed by atoms with Crippen molar-refractivity contribution >= 4 is 23.5 Å². The monoisotopic (exact) mass is 329 g/mol. The number of pyridine rings is 1. The zero-order valence-electron chi connectivity index (χ0n) is 12.8. The number of aromatic nitrogens is 1. The number of nitrogens with zero attached hydrogens (tertiary/aromatic N) is 1. The predicted octanol–water partition coefficient (Wildman–Crippen LogP) is 0.829. The van der Waals surface area contributed by atoms with Crippen LogP contribution in [0.1, 0.15) is 16.1 Å². The van der Waals surface area contributed by atoms with E-state index >= 15 is 0 Å². The number of carbonyl (C=O) groups excluding carboxylic acids is 3. The Morgan fingerprint density at radius 3 is 2.62 bits per heavy atom. The molecular formula is C16H15N3O5. The van der Waals surface area contributed by atoms with Gasteiger partial charge in [0.15, 0.2) is 0 Å². The number of anilines is 1. The van der Waals surface area contributed by atoms with Crippen molar-refractivity contribution < 1.29 is 24.2 Å². The number of carbonyl (C=O) groups is 3. The van der Waals surface area contributed by atoms with E-state index in [9.17, 15) is 19.5 Å². The highest BCUT2D eigenvalue weighted by Gasteiger charge is 2.16. The summed E-state index contributed by atoms with van der Waals surface area (Å²) < 4.78 is 4.51. The van der Waals surface area contributed by atoms with Crippen LogP contribution in [0.25, 0.3) is 0 Å². The fourth-order valence-corrected chi connectivity index (χ4v) is 1.83. The maximum atomic E-state index is 11.8. The SMILES string of the molecule is COC(=O)c1cc(NC(=O)C(=O)NCc2ccccn2)ccc1O. The average molecular weight is 329 g/mol. The molecule has 0 radical (unpaired) electrons. The summed E-state index contributed by atoms with van der Waals surface area (Å²) in [6.45, 7) is 0.107. The van der Waals surface area contributed by atoms with E-state index in [0.717, 1.165) is 7.11 Å². The minimum Gasteiger partial charge on any atom is -0.507 e. The van der Waals surface area contributed by atoms with E-state index < -0.39 is 17.8 Å². The van der Waals surface area contributed by atoms with Crippen molar-refractivity contribution in [3.05, 3.63) is 53.9 Å². The summed E-state index contributed by atoms with van der Waals surface area (Å²) in [7, 11) is 1.16. The third-order valence-electron chi connectivity index (χ3n) is 3.02. The van der Waals surface area contributed by atoms with Crippen LogP contribution in [0, 0.1) is 0 Å². The number of nitrogens with one attached hydrogen (secondary N) is 2. The largest absolute Gasteiger partial charge is 0.507 e. The van der Waals surface area contributed by atoms with Crippen LogP contribution in [0.2, 0.25) is 0 Å². The Morgan fingerprint density at radius 1 is 1.17 bits per heavy atom. The van der Waals surface area contributed by atoms with Crippen molar-refractivity contribution in [2.45, 2.75) is 6.54 Å². The molecule has 0 saturated heterocycles. The number of aromatic hydroxyl groups is 1. The van der Waals surface area contributed by atoms with Crippen LogP contribution < -0.4 is 10.6 Å². The third kappa shape index (κ3) is 4.29. The van der Waals surface area contributed by atoms with E-state index in [2.05, 4.69) is 20.4 Å². The van der Waals surface area contributed by atoms with E-state index in [4.69, 9.17) is 0 Å². The number of phenolic OH excluding ortho intramolecular Hbond substituents is 1. The molecule has 2 aromatic rings. The number of phenols is 1. The van der Waals surface area contributed by atoms with Gasteiger partial charge < -0.3 is 20.5 Å². The van der Waals surface area contributed by atoms with Crippen molar-refractivity contribution in [3.8, 4) is 5.75 Å². The van der Waals surface area contributed by atoms with Crippen molar-refractivity contribution in [2.24, 2.45) is 0 Å². The lowest BCUT2D eigenvalue weighted by molar-refractivity contribution is -0.136. The van der Waals surface area contributed by atoms with Gasteiger partial charge in [-0.15, -0.1) is 0 Å². The molecule has 8 nitrogen and oxygen atoms in total. The van der Waals surface area contributed by atoms with E-state index in [-0.39, 0.29) is 23.5 Å². The van der Waals surface area contributed by atoms with Crippen LogP contribution in [0.4, 0.5) is 5.69 Å². The van der Waals surface area contributed by atoms with Gasteiger partial charge in [-0.05, 0) is 30.3 Å². The van der Waals surface area contributed by atoms with Crippen molar-refractivity contribution in [1.82, 2.24) is 10.3 Å². The third-order valence-corrected chi connectivity index (χ3v) is 3.02. The maximum Gasteiger partial charge on any atom is 0.341 e. The Balaban J connectivity index is 1.98. The molecular weight excluding hydrogens is 314 g/mol. The van der Waals surface area contributed by atoms with Crippen LogP contribution in [0.15, 0.2) is 42.6 Å². The molecule has 1 heterocycles. The highest BCUT2D eigenvalue weighted by molar-refractivity contribution is 6.39. The Labute approximate surface area is 137 Å². The van der Waals surface area contributed by atoms with Gasteiger partial charge in [-0.3, -0.25) is 14.6 Å². The number of hydrogen-bond acceptors (Lipinski definition) is 6. The molecule has 124 valence electrons. The number of amides is 2. The fourth-order valence-electron chi connectivity index (χ4n) is 1.83. The van der Waals surface area contributed by atoms with Gasteiger partial charge in [0, 0.05) is 11.9 Å². The minimum absolute atomic E-state index is 0.107. The molecule has 3 N–H and O–H groups in total. The first kappa shape index (κ1) is 16.9. The van der Waals surface area contributed by atoms with Crippen LogP contribution in [0.3, 0.4) is 0 Å². The number of benzene rings is 1. The molecule has 1 aromatic carbocycles. The summed E-state index contributed by atoms with van der Waals surface area (Å²) >= 11 is 0. The van der Waals surface area contributed by atoms with Gasteiger partial charge in [-0.2, -0.15) is 0 Å². The van der Waals surface area contributed by atoms with Crippen molar-refractivity contribution in [2.75, 3.05) is 12.4 Å². The number of hydrogen-bond donors (Lipinski definition) is 3. The molecule has 0 atom stereocenters. The quantitative estimate of drug-likeness (QED) is 0.434. The van der Waals surface area contributed by atoms with Gasteiger partial charge in [-0.1, -0.05) is 6.07 Å². The lowest BCUT2D eigenvalue weighted by Crippen LogP contribution is -2.35. The Bertz CT molecular complexity index is 762. The first-order chi connectivity index (χ1) is 11.5. The van der Waals surface area contributed by atoms with Crippen molar-refractivity contribution in [3.63, 3.8) is 0 Å². The van der Waals surface area contributed by atoms with E-state index in [0.29, 0.717) is 5.69 Å². The number of rotatable bonds is 4. The summed E-state index contributed by atoms with van der Waals surface area (Å²) in [6, 6.07) is 8.99. The number of ether oxygens (including phenoxy) is 1. The Hall–Kier alpha value is -3.42. The van der Waals surface area contributed by atoms with Crippen LogP contribution in [0.5, 0.6) is 5.75 Å². The van der Waals surface area contributed by atoms with E-state index in [1.54, 1.807) is 24.4 Å². The van der Waals surface area contributed by atoms with Gasteiger partial charge in [0.1, 0.15) is 11.3 Å². The van der Waals surface area contributed by atoms with Gasteiger partial charge in [0.05, 0.1) is 19.3 Å². The molecule has 8 heteroatoms. The normalized spacial score (nSPS) is 9.88. The van der Waals surface area contributed by atoms with Gasteiger partial charge in [-0.25, -0.2) is 4.79 Å². The van der Waals surface area contributed by atoms with E-state index in [1.807, 2.05) is 0 Å². The molecule has 0 fully saturated rings. The highest BCUT2D eigenvalue weighted by Crippen LogP contribution is 2.22.